The molecule has 0 saturated carbocycles. The third-order valence-electron chi connectivity index (χ3n) is 1.91. The molecule has 9 heteroatoms. The lowest BCUT2D eigenvalue weighted by atomic mass is 10.3. The van der Waals surface area contributed by atoms with Crippen molar-refractivity contribution in [3.05, 3.63) is 24.3 Å². The third kappa shape index (κ3) is 7.72. The summed E-state index contributed by atoms with van der Waals surface area (Å²) in [6.45, 7) is -1.58. The fourth-order valence-corrected chi connectivity index (χ4v) is 1.26. The van der Waals surface area contributed by atoms with E-state index in [0.29, 0.717) is 0 Å². The molecule has 1 aromatic rings. The van der Waals surface area contributed by atoms with Crippen molar-refractivity contribution >= 4 is 5.69 Å². The summed E-state index contributed by atoms with van der Waals surface area (Å²) < 4.78 is 79.2. The normalized spacial score (nSPS) is 12.3. The van der Waals surface area contributed by atoms with Gasteiger partial charge in [-0.1, -0.05) is 6.07 Å². The molecular formula is C11H11F6NO2. The Labute approximate surface area is 110 Å². The lowest BCUT2D eigenvalue weighted by Crippen LogP contribution is -2.20. The average molecular weight is 303 g/mol. The van der Waals surface area contributed by atoms with Crippen molar-refractivity contribution in [3.8, 4) is 5.75 Å². The standard InChI is InChI=1S/C11H11F6NO2/c12-10(13,14)7-19-5-4-18-8-2-1-3-9(6-8)20-11(15,16)17/h1-3,6,18H,4-5,7H2. The highest BCUT2D eigenvalue weighted by molar-refractivity contribution is 5.48. The van der Waals surface area contributed by atoms with Gasteiger partial charge in [0.2, 0.25) is 0 Å². The Bertz CT molecular complexity index is 418. The van der Waals surface area contributed by atoms with E-state index in [0.717, 1.165) is 12.1 Å². The molecule has 0 spiro atoms. The highest BCUT2D eigenvalue weighted by Gasteiger charge is 2.31. The van der Waals surface area contributed by atoms with Crippen LogP contribution in [0.4, 0.5) is 32.0 Å². The molecule has 0 aliphatic heterocycles. The monoisotopic (exact) mass is 303 g/mol. The zero-order valence-electron chi connectivity index (χ0n) is 10.0. The molecule has 0 amide bonds. The molecule has 0 aliphatic rings. The molecule has 0 unspecified atom stereocenters. The summed E-state index contributed by atoms with van der Waals surface area (Å²) in [6.07, 6.45) is -9.20. The zero-order valence-corrected chi connectivity index (χ0v) is 10.0. The highest BCUT2D eigenvalue weighted by Crippen LogP contribution is 2.24. The smallest absolute Gasteiger partial charge is 0.406 e. The van der Waals surface area contributed by atoms with Gasteiger partial charge in [0.15, 0.2) is 0 Å². The van der Waals surface area contributed by atoms with Crippen LogP contribution in [0.5, 0.6) is 5.75 Å². The second-order valence-corrected chi connectivity index (χ2v) is 3.67. The van der Waals surface area contributed by atoms with Crippen LogP contribution in [0.3, 0.4) is 0 Å². The number of ether oxygens (including phenoxy) is 2. The van der Waals surface area contributed by atoms with Crippen LogP contribution in [0.15, 0.2) is 24.3 Å². The first kappa shape index (κ1) is 16.4. The molecular weight excluding hydrogens is 292 g/mol. The maximum atomic E-state index is 12.0. The SMILES string of the molecule is FC(F)(F)COCCNc1cccc(OC(F)(F)F)c1. The fraction of sp³-hybridized carbons (Fsp3) is 0.455. The Kier molecular flexibility index (Phi) is 5.49. The van der Waals surface area contributed by atoms with Crippen LogP contribution in [0.1, 0.15) is 0 Å². The summed E-state index contributed by atoms with van der Waals surface area (Å²) in [7, 11) is 0. The fourth-order valence-electron chi connectivity index (χ4n) is 1.26. The number of hydrogen-bond donors (Lipinski definition) is 1. The summed E-state index contributed by atoms with van der Waals surface area (Å²) in [5.74, 6) is -0.418. The third-order valence-corrected chi connectivity index (χ3v) is 1.91. The topological polar surface area (TPSA) is 30.5 Å². The first-order chi connectivity index (χ1) is 9.16. The number of rotatable bonds is 6. The molecule has 1 rings (SSSR count). The van der Waals surface area contributed by atoms with Crippen molar-refractivity contribution in [2.75, 3.05) is 25.1 Å². The van der Waals surface area contributed by atoms with E-state index in [-0.39, 0.29) is 18.8 Å². The summed E-state index contributed by atoms with van der Waals surface area (Å²) in [4.78, 5) is 0. The van der Waals surface area contributed by atoms with Crippen LogP contribution in [-0.4, -0.2) is 32.3 Å². The highest BCUT2D eigenvalue weighted by atomic mass is 19.4. The number of hydrogen-bond acceptors (Lipinski definition) is 3. The molecule has 0 atom stereocenters. The van der Waals surface area contributed by atoms with Crippen LogP contribution < -0.4 is 10.1 Å². The number of anilines is 1. The predicted molar refractivity (Wildman–Crippen MR) is 58.5 cm³/mol. The number of alkyl halides is 6. The van der Waals surface area contributed by atoms with Crippen LogP contribution in [0, 0.1) is 0 Å². The van der Waals surface area contributed by atoms with Gasteiger partial charge in [-0.25, -0.2) is 0 Å². The van der Waals surface area contributed by atoms with Gasteiger partial charge in [0.1, 0.15) is 12.4 Å². The first-order valence-electron chi connectivity index (χ1n) is 5.40. The molecule has 0 radical (unpaired) electrons. The second-order valence-electron chi connectivity index (χ2n) is 3.67. The largest absolute Gasteiger partial charge is 0.573 e. The summed E-state index contributed by atoms with van der Waals surface area (Å²) >= 11 is 0. The minimum absolute atomic E-state index is 0.0194. The van der Waals surface area contributed by atoms with Crippen LogP contribution in [0.25, 0.3) is 0 Å². The first-order valence-corrected chi connectivity index (χ1v) is 5.40. The Hall–Kier alpha value is -1.64. The molecule has 1 aromatic carbocycles. The van der Waals surface area contributed by atoms with Crippen molar-refractivity contribution in [1.29, 1.82) is 0 Å². The molecule has 0 fully saturated rings. The molecule has 1 N–H and O–H groups in total. The van der Waals surface area contributed by atoms with Crippen molar-refractivity contribution in [3.63, 3.8) is 0 Å². The number of benzene rings is 1. The van der Waals surface area contributed by atoms with Crippen molar-refractivity contribution in [1.82, 2.24) is 0 Å². The van der Waals surface area contributed by atoms with Gasteiger partial charge in [-0.05, 0) is 12.1 Å². The Balaban J connectivity index is 2.36. The van der Waals surface area contributed by atoms with E-state index in [4.69, 9.17) is 0 Å². The maximum Gasteiger partial charge on any atom is 0.573 e. The summed E-state index contributed by atoms with van der Waals surface area (Å²) in [6, 6.07) is 4.96. The molecule has 0 bridgehead atoms. The minimum atomic E-state index is -4.80. The van der Waals surface area contributed by atoms with E-state index >= 15 is 0 Å². The van der Waals surface area contributed by atoms with Crippen LogP contribution in [0.2, 0.25) is 0 Å². The van der Waals surface area contributed by atoms with Gasteiger partial charge in [-0.15, -0.1) is 13.2 Å². The van der Waals surface area contributed by atoms with Gasteiger partial charge in [0.25, 0.3) is 0 Å². The van der Waals surface area contributed by atoms with Crippen LogP contribution >= 0.6 is 0 Å². The molecule has 20 heavy (non-hydrogen) atoms. The van der Waals surface area contributed by atoms with E-state index in [1.807, 2.05) is 0 Å². The van der Waals surface area contributed by atoms with Gasteiger partial charge < -0.3 is 14.8 Å². The van der Waals surface area contributed by atoms with E-state index in [2.05, 4.69) is 14.8 Å². The quantitative estimate of drug-likeness (QED) is 0.643. The lowest BCUT2D eigenvalue weighted by molar-refractivity contribution is -0.274. The van der Waals surface area contributed by atoms with Gasteiger partial charge in [-0.3, -0.25) is 0 Å². The van der Waals surface area contributed by atoms with Gasteiger partial charge in [0.05, 0.1) is 6.61 Å². The van der Waals surface area contributed by atoms with Crippen molar-refractivity contribution < 1.29 is 35.8 Å². The molecule has 0 heterocycles. The molecule has 0 aliphatic carbocycles. The zero-order chi connectivity index (χ0) is 15.2. The van der Waals surface area contributed by atoms with Crippen LogP contribution in [-0.2, 0) is 4.74 Å². The van der Waals surface area contributed by atoms with E-state index in [1.54, 1.807) is 0 Å². The Morgan fingerprint density at radius 1 is 1.05 bits per heavy atom. The molecule has 0 aromatic heterocycles. The predicted octanol–water partition coefficient (Wildman–Crippen LogP) is 3.58. The van der Waals surface area contributed by atoms with Crippen molar-refractivity contribution in [2.24, 2.45) is 0 Å². The minimum Gasteiger partial charge on any atom is -0.406 e. The lowest BCUT2D eigenvalue weighted by Gasteiger charge is -2.12. The Morgan fingerprint density at radius 2 is 1.75 bits per heavy atom. The Morgan fingerprint density at radius 3 is 2.35 bits per heavy atom. The average Bonchev–Trinajstić information content (AvgIpc) is 2.25. The van der Waals surface area contributed by atoms with Gasteiger partial charge >= 0.3 is 12.5 Å². The summed E-state index contributed by atoms with van der Waals surface area (Å²) in [5.41, 5.74) is 0.280. The molecule has 114 valence electrons. The van der Waals surface area contributed by atoms with E-state index in [9.17, 15) is 26.3 Å². The van der Waals surface area contributed by atoms with E-state index < -0.39 is 24.9 Å². The number of nitrogens with one attached hydrogen (secondary N) is 1. The van der Waals surface area contributed by atoms with Gasteiger partial charge in [0, 0.05) is 18.3 Å². The second kappa shape index (κ2) is 6.69. The number of halogens is 6. The van der Waals surface area contributed by atoms with E-state index in [1.165, 1.54) is 12.1 Å². The molecule has 3 nitrogen and oxygen atoms in total. The molecule has 0 saturated heterocycles. The van der Waals surface area contributed by atoms with Gasteiger partial charge in [-0.2, -0.15) is 13.2 Å². The maximum absolute atomic E-state index is 12.0. The van der Waals surface area contributed by atoms with Crippen molar-refractivity contribution in [2.45, 2.75) is 12.5 Å². The summed E-state index contributed by atoms with van der Waals surface area (Å²) in [5, 5.41) is 2.62.